The molecular formula is C22H18N4O6. The number of ether oxygens (including phenoxy) is 1. The number of hydrogen-bond donors (Lipinski definition) is 2. The fourth-order valence-electron chi connectivity index (χ4n) is 4.44. The number of imide groups is 1. The molecule has 0 saturated heterocycles. The van der Waals surface area contributed by atoms with E-state index >= 15 is 0 Å². The summed E-state index contributed by atoms with van der Waals surface area (Å²) in [5, 5.41) is 14.9. The van der Waals surface area contributed by atoms with Gasteiger partial charge in [0.25, 0.3) is 17.5 Å². The normalized spacial score (nSPS) is 16.9. The number of aromatic amines is 1. The molecule has 10 heteroatoms. The molecule has 3 aromatic rings. The number of aromatic nitrogens is 1. The van der Waals surface area contributed by atoms with Gasteiger partial charge in [0.05, 0.1) is 23.2 Å². The Kier molecular flexibility index (Phi) is 4.43. The van der Waals surface area contributed by atoms with E-state index in [1.54, 1.807) is 7.11 Å². The van der Waals surface area contributed by atoms with Crippen LogP contribution in [0.15, 0.2) is 36.4 Å². The van der Waals surface area contributed by atoms with Crippen LogP contribution in [-0.2, 0) is 17.6 Å². The number of hydrogen-bond acceptors (Lipinski definition) is 6. The molecule has 3 amide bonds. The van der Waals surface area contributed by atoms with Crippen LogP contribution in [0.5, 0.6) is 5.75 Å². The van der Waals surface area contributed by atoms with Crippen LogP contribution in [0.4, 0.5) is 5.69 Å². The molecule has 1 aliphatic heterocycles. The van der Waals surface area contributed by atoms with E-state index in [2.05, 4.69) is 10.3 Å². The van der Waals surface area contributed by atoms with Gasteiger partial charge in [-0.15, -0.1) is 0 Å². The van der Waals surface area contributed by atoms with Gasteiger partial charge in [-0.25, -0.2) is 0 Å². The Morgan fingerprint density at radius 2 is 1.97 bits per heavy atom. The van der Waals surface area contributed by atoms with Gasteiger partial charge in [-0.2, -0.15) is 0 Å². The monoisotopic (exact) mass is 434 g/mol. The number of nitro groups is 1. The molecule has 5 rings (SSSR count). The number of carbonyl (C=O) groups is 3. The van der Waals surface area contributed by atoms with E-state index in [0.717, 1.165) is 38.9 Å². The average Bonchev–Trinajstić information content (AvgIpc) is 3.39. The zero-order valence-electron chi connectivity index (χ0n) is 17.0. The smallest absolute Gasteiger partial charge is 0.270 e. The van der Waals surface area contributed by atoms with E-state index in [1.165, 1.54) is 12.1 Å². The molecule has 1 aromatic heterocycles. The Bertz CT molecular complexity index is 1330. The van der Waals surface area contributed by atoms with Crippen molar-refractivity contribution in [1.29, 1.82) is 0 Å². The number of rotatable bonds is 5. The molecule has 0 bridgehead atoms. The van der Waals surface area contributed by atoms with Gasteiger partial charge in [0, 0.05) is 41.2 Å². The number of H-pyrrole nitrogens is 1. The topological polar surface area (TPSA) is 135 Å². The first-order chi connectivity index (χ1) is 15.4. The molecule has 0 fully saturated rings. The third-order valence-electron chi connectivity index (χ3n) is 5.93. The van der Waals surface area contributed by atoms with Gasteiger partial charge >= 0.3 is 0 Å². The first-order valence-corrected chi connectivity index (χ1v) is 9.97. The summed E-state index contributed by atoms with van der Waals surface area (Å²) < 4.78 is 5.29. The van der Waals surface area contributed by atoms with Gasteiger partial charge in [0.15, 0.2) is 0 Å². The van der Waals surface area contributed by atoms with Crippen molar-refractivity contribution in [2.24, 2.45) is 0 Å². The highest BCUT2D eigenvalue weighted by Crippen LogP contribution is 2.32. The van der Waals surface area contributed by atoms with Crippen molar-refractivity contribution in [3.05, 3.63) is 68.9 Å². The molecule has 2 heterocycles. The van der Waals surface area contributed by atoms with Crippen LogP contribution in [0.3, 0.4) is 0 Å². The maximum atomic E-state index is 12.6. The number of fused-ring (bicyclic) bond motifs is 4. The van der Waals surface area contributed by atoms with Gasteiger partial charge in [-0.05, 0) is 36.2 Å². The highest BCUT2D eigenvalue weighted by atomic mass is 16.6. The van der Waals surface area contributed by atoms with Crippen LogP contribution < -0.4 is 10.1 Å². The average molecular weight is 434 g/mol. The van der Waals surface area contributed by atoms with Crippen LogP contribution >= 0.6 is 0 Å². The Labute approximate surface area is 181 Å². The van der Waals surface area contributed by atoms with Crippen molar-refractivity contribution < 1.29 is 24.0 Å². The van der Waals surface area contributed by atoms with Crippen LogP contribution in [0.1, 0.15) is 32.0 Å². The molecule has 0 spiro atoms. The van der Waals surface area contributed by atoms with Crippen molar-refractivity contribution in [2.75, 3.05) is 13.7 Å². The lowest BCUT2D eigenvalue weighted by molar-refractivity contribution is -0.384. The summed E-state index contributed by atoms with van der Waals surface area (Å²) in [5.41, 5.74) is 2.86. The van der Waals surface area contributed by atoms with E-state index in [1.807, 2.05) is 18.2 Å². The third-order valence-corrected chi connectivity index (χ3v) is 5.93. The second-order valence-corrected chi connectivity index (χ2v) is 7.85. The number of benzene rings is 2. The number of methoxy groups -OCH3 is 1. The number of amides is 3. The number of nitrogens with zero attached hydrogens (tertiary/aromatic N) is 2. The summed E-state index contributed by atoms with van der Waals surface area (Å²) in [6.45, 7) is -0.445. The third kappa shape index (κ3) is 3.08. The highest BCUT2D eigenvalue weighted by molar-refractivity contribution is 6.22. The molecule has 0 radical (unpaired) electrons. The number of non-ortho nitro benzene ring substituents is 1. The Balaban J connectivity index is 1.27. The predicted octanol–water partition coefficient (Wildman–Crippen LogP) is 1.96. The number of nitro benzene ring substituents is 1. The molecule has 2 N–H and O–H groups in total. The van der Waals surface area contributed by atoms with E-state index < -0.39 is 29.2 Å². The van der Waals surface area contributed by atoms with Crippen LogP contribution in [0.25, 0.3) is 10.9 Å². The van der Waals surface area contributed by atoms with Crippen molar-refractivity contribution in [3.8, 4) is 5.75 Å². The van der Waals surface area contributed by atoms with Crippen molar-refractivity contribution in [2.45, 2.75) is 18.9 Å². The highest BCUT2D eigenvalue weighted by Gasteiger charge is 2.38. The Morgan fingerprint density at radius 3 is 2.72 bits per heavy atom. The van der Waals surface area contributed by atoms with E-state index in [4.69, 9.17) is 4.74 Å². The SMILES string of the molecule is COc1ccc2[nH]c3c(c2c1)CC(NC(=O)CN1C(=O)c2ccc([N+](=O)[O-])cc2C1=O)C3. The molecule has 10 nitrogen and oxygen atoms in total. The molecule has 1 unspecified atom stereocenters. The minimum absolute atomic E-state index is 0.0599. The van der Waals surface area contributed by atoms with E-state index in [0.29, 0.717) is 12.8 Å². The molecular weight excluding hydrogens is 416 g/mol. The molecule has 2 aromatic carbocycles. The Morgan fingerprint density at radius 1 is 1.19 bits per heavy atom. The maximum Gasteiger partial charge on any atom is 0.270 e. The molecule has 1 atom stereocenters. The Hall–Kier alpha value is -4.21. The first-order valence-electron chi connectivity index (χ1n) is 9.97. The van der Waals surface area contributed by atoms with Crippen LogP contribution in [0.2, 0.25) is 0 Å². The predicted molar refractivity (Wildman–Crippen MR) is 113 cm³/mol. The molecule has 162 valence electrons. The summed E-state index contributed by atoms with van der Waals surface area (Å²) in [4.78, 5) is 52.2. The van der Waals surface area contributed by atoms with Crippen molar-refractivity contribution >= 4 is 34.3 Å². The largest absolute Gasteiger partial charge is 0.497 e. The lowest BCUT2D eigenvalue weighted by atomic mass is 10.1. The minimum atomic E-state index is -0.710. The van der Waals surface area contributed by atoms with E-state index in [-0.39, 0.29) is 22.9 Å². The van der Waals surface area contributed by atoms with Crippen molar-refractivity contribution in [3.63, 3.8) is 0 Å². The second-order valence-electron chi connectivity index (χ2n) is 7.85. The van der Waals surface area contributed by atoms with Gasteiger partial charge in [-0.1, -0.05) is 0 Å². The molecule has 0 saturated carbocycles. The molecule has 32 heavy (non-hydrogen) atoms. The van der Waals surface area contributed by atoms with E-state index in [9.17, 15) is 24.5 Å². The fourth-order valence-corrected chi connectivity index (χ4v) is 4.44. The zero-order chi connectivity index (χ0) is 22.6. The lowest BCUT2D eigenvalue weighted by Gasteiger charge is -2.17. The quantitative estimate of drug-likeness (QED) is 0.358. The summed E-state index contributed by atoms with van der Waals surface area (Å²) in [5.74, 6) is -1.06. The van der Waals surface area contributed by atoms with Crippen LogP contribution in [0, 0.1) is 10.1 Å². The molecule has 1 aliphatic carbocycles. The minimum Gasteiger partial charge on any atom is -0.497 e. The van der Waals surface area contributed by atoms with Gasteiger partial charge in [-0.3, -0.25) is 29.4 Å². The fraction of sp³-hybridized carbons (Fsp3) is 0.227. The van der Waals surface area contributed by atoms with Crippen molar-refractivity contribution in [1.82, 2.24) is 15.2 Å². The standard InChI is InChI=1S/C22H18N4O6/c1-32-13-3-5-18-16(9-13)15-6-11(7-19(15)24-18)23-20(27)10-25-21(28)14-4-2-12(26(30)31)8-17(14)22(25)29/h2-5,8-9,11,24H,6-7,10H2,1H3,(H,23,27). The summed E-state index contributed by atoms with van der Waals surface area (Å²) in [6, 6.07) is 9.09. The maximum absolute atomic E-state index is 12.6. The number of carbonyl (C=O) groups excluding carboxylic acids is 3. The summed E-state index contributed by atoms with van der Waals surface area (Å²) >= 11 is 0. The van der Waals surface area contributed by atoms with Gasteiger partial charge < -0.3 is 15.0 Å². The number of nitrogens with one attached hydrogen (secondary N) is 2. The van der Waals surface area contributed by atoms with Gasteiger partial charge in [0.1, 0.15) is 12.3 Å². The second kappa shape index (κ2) is 7.19. The van der Waals surface area contributed by atoms with Crippen LogP contribution in [-0.4, -0.2) is 52.2 Å². The zero-order valence-corrected chi connectivity index (χ0v) is 17.0. The van der Waals surface area contributed by atoms with Gasteiger partial charge in [0.2, 0.25) is 5.91 Å². The summed E-state index contributed by atoms with van der Waals surface area (Å²) in [7, 11) is 1.61. The lowest BCUT2D eigenvalue weighted by Crippen LogP contribution is -2.44. The first kappa shape index (κ1) is 19.7. The molecule has 2 aliphatic rings. The summed E-state index contributed by atoms with van der Waals surface area (Å²) in [6.07, 6.45) is 1.22.